The highest BCUT2D eigenvalue weighted by atomic mass is 16.5. The Morgan fingerprint density at radius 1 is 0.952 bits per heavy atom. The standard InChI is InChI=1S/C16H26O5/c1-10(12(17)8-9-16(3,4)5)11(2)13(14(18)20-6)15(19)21-7/h8-11,13H,1-7H3/b9-8+. The molecule has 0 aromatic rings. The lowest BCUT2D eigenvalue weighted by atomic mass is 9.81. The molecule has 0 N–H and O–H groups in total. The van der Waals surface area contributed by atoms with Crippen LogP contribution in [0.1, 0.15) is 34.6 Å². The van der Waals surface area contributed by atoms with Gasteiger partial charge in [-0.1, -0.05) is 40.7 Å². The van der Waals surface area contributed by atoms with E-state index in [0.29, 0.717) is 0 Å². The van der Waals surface area contributed by atoms with Crippen LogP contribution in [0.5, 0.6) is 0 Å². The van der Waals surface area contributed by atoms with Crippen molar-refractivity contribution in [3.63, 3.8) is 0 Å². The third kappa shape index (κ3) is 6.10. The maximum atomic E-state index is 12.2. The van der Waals surface area contributed by atoms with Gasteiger partial charge in [0.15, 0.2) is 11.7 Å². The number of ether oxygens (including phenoxy) is 2. The molecule has 0 radical (unpaired) electrons. The van der Waals surface area contributed by atoms with E-state index in [2.05, 4.69) is 9.47 Å². The molecule has 0 aromatic carbocycles. The molecule has 0 aliphatic heterocycles. The van der Waals surface area contributed by atoms with Crippen molar-refractivity contribution in [2.75, 3.05) is 14.2 Å². The highest BCUT2D eigenvalue weighted by Crippen LogP contribution is 2.25. The fourth-order valence-corrected chi connectivity index (χ4v) is 1.81. The van der Waals surface area contributed by atoms with E-state index in [1.807, 2.05) is 26.8 Å². The summed E-state index contributed by atoms with van der Waals surface area (Å²) in [4.78, 5) is 35.7. The summed E-state index contributed by atoms with van der Waals surface area (Å²) in [6.07, 6.45) is 3.32. The average Bonchev–Trinajstić information content (AvgIpc) is 2.42. The average molecular weight is 298 g/mol. The van der Waals surface area contributed by atoms with Gasteiger partial charge in [0.05, 0.1) is 14.2 Å². The molecule has 0 aliphatic rings. The molecule has 0 aliphatic carbocycles. The van der Waals surface area contributed by atoms with E-state index in [4.69, 9.17) is 0 Å². The molecule has 0 amide bonds. The van der Waals surface area contributed by atoms with Gasteiger partial charge in [-0.05, 0) is 17.4 Å². The zero-order valence-electron chi connectivity index (χ0n) is 13.9. The monoisotopic (exact) mass is 298 g/mol. The Labute approximate surface area is 126 Å². The summed E-state index contributed by atoms with van der Waals surface area (Å²) in [6.45, 7) is 9.31. The van der Waals surface area contributed by atoms with Gasteiger partial charge < -0.3 is 9.47 Å². The van der Waals surface area contributed by atoms with Crippen molar-refractivity contribution in [2.24, 2.45) is 23.2 Å². The van der Waals surface area contributed by atoms with Crippen LogP contribution in [0.25, 0.3) is 0 Å². The first-order chi connectivity index (χ1) is 9.55. The number of ketones is 1. The minimum atomic E-state index is -1.10. The van der Waals surface area contributed by atoms with Crippen LogP contribution in [-0.2, 0) is 23.9 Å². The molecule has 0 rings (SSSR count). The van der Waals surface area contributed by atoms with E-state index >= 15 is 0 Å². The molecule has 0 heterocycles. The summed E-state index contributed by atoms with van der Waals surface area (Å²) in [5.74, 6) is -3.60. The molecule has 2 unspecified atom stereocenters. The second kappa shape index (κ2) is 7.96. The summed E-state index contributed by atoms with van der Waals surface area (Å²) in [7, 11) is 2.41. The lowest BCUT2D eigenvalue weighted by molar-refractivity contribution is -0.162. The number of carbonyl (C=O) groups is 3. The summed E-state index contributed by atoms with van der Waals surface area (Å²) in [5.41, 5.74) is -0.108. The van der Waals surface area contributed by atoms with Crippen molar-refractivity contribution in [1.82, 2.24) is 0 Å². The Hall–Kier alpha value is -1.65. The molecule has 0 saturated carbocycles. The van der Waals surface area contributed by atoms with E-state index in [1.54, 1.807) is 13.8 Å². The van der Waals surface area contributed by atoms with Crippen LogP contribution in [0.15, 0.2) is 12.2 Å². The van der Waals surface area contributed by atoms with Crippen molar-refractivity contribution in [2.45, 2.75) is 34.6 Å². The van der Waals surface area contributed by atoms with Crippen LogP contribution in [0.3, 0.4) is 0 Å². The van der Waals surface area contributed by atoms with Crippen molar-refractivity contribution >= 4 is 17.7 Å². The van der Waals surface area contributed by atoms with Crippen LogP contribution in [-0.4, -0.2) is 31.9 Å². The summed E-state index contributed by atoms with van der Waals surface area (Å²) < 4.78 is 9.26. The number of hydrogen-bond acceptors (Lipinski definition) is 5. The Balaban J connectivity index is 5.13. The number of rotatable bonds is 6. The van der Waals surface area contributed by atoms with Crippen molar-refractivity contribution < 1.29 is 23.9 Å². The number of esters is 2. The minimum absolute atomic E-state index is 0.108. The molecule has 0 spiro atoms. The summed E-state index contributed by atoms with van der Waals surface area (Å²) >= 11 is 0. The zero-order valence-corrected chi connectivity index (χ0v) is 13.9. The Morgan fingerprint density at radius 2 is 1.38 bits per heavy atom. The normalized spacial score (nSPS) is 14.9. The predicted molar refractivity (Wildman–Crippen MR) is 79.5 cm³/mol. The third-order valence-electron chi connectivity index (χ3n) is 3.42. The molecular weight excluding hydrogens is 272 g/mol. The first-order valence-corrected chi connectivity index (χ1v) is 6.94. The second-order valence-corrected chi connectivity index (χ2v) is 6.27. The molecule has 0 aromatic heterocycles. The van der Waals surface area contributed by atoms with Crippen molar-refractivity contribution in [3.05, 3.63) is 12.2 Å². The second-order valence-electron chi connectivity index (χ2n) is 6.27. The topological polar surface area (TPSA) is 69.7 Å². The minimum Gasteiger partial charge on any atom is -0.468 e. The highest BCUT2D eigenvalue weighted by Gasteiger charge is 2.38. The summed E-state index contributed by atoms with van der Waals surface area (Å²) in [5, 5.41) is 0. The highest BCUT2D eigenvalue weighted by molar-refractivity contribution is 5.97. The smallest absolute Gasteiger partial charge is 0.320 e. The molecule has 2 atom stereocenters. The van der Waals surface area contributed by atoms with E-state index in [-0.39, 0.29) is 11.2 Å². The van der Waals surface area contributed by atoms with Gasteiger partial charge in [-0.2, -0.15) is 0 Å². The lowest BCUT2D eigenvalue weighted by Crippen LogP contribution is -2.37. The lowest BCUT2D eigenvalue weighted by Gasteiger charge is -2.24. The number of hydrogen-bond donors (Lipinski definition) is 0. The van der Waals surface area contributed by atoms with Gasteiger partial charge in [-0.3, -0.25) is 14.4 Å². The number of allylic oxidation sites excluding steroid dienone is 2. The zero-order chi connectivity index (χ0) is 16.8. The molecule has 120 valence electrons. The van der Waals surface area contributed by atoms with Gasteiger partial charge in [0.2, 0.25) is 0 Å². The van der Waals surface area contributed by atoms with Crippen LogP contribution < -0.4 is 0 Å². The molecular formula is C16H26O5. The molecule has 0 saturated heterocycles. The van der Waals surface area contributed by atoms with Crippen molar-refractivity contribution in [1.29, 1.82) is 0 Å². The van der Waals surface area contributed by atoms with Crippen LogP contribution in [0, 0.1) is 23.2 Å². The molecule has 21 heavy (non-hydrogen) atoms. The third-order valence-corrected chi connectivity index (χ3v) is 3.42. The fraction of sp³-hybridized carbons (Fsp3) is 0.688. The first kappa shape index (κ1) is 19.4. The van der Waals surface area contributed by atoms with Crippen LogP contribution >= 0.6 is 0 Å². The Kier molecular flexibility index (Phi) is 7.33. The molecule has 5 heteroatoms. The number of carbonyl (C=O) groups excluding carboxylic acids is 3. The number of methoxy groups -OCH3 is 2. The van der Waals surface area contributed by atoms with Gasteiger partial charge in [0.1, 0.15) is 0 Å². The quantitative estimate of drug-likeness (QED) is 0.428. The molecule has 5 nitrogen and oxygen atoms in total. The van der Waals surface area contributed by atoms with E-state index in [0.717, 1.165) is 0 Å². The Bertz CT molecular complexity index is 401. The van der Waals surface area contributed by atoms with E-state index in [1.165, 1.54) is 20.3 Å². The van der Waals surface area contributed by atoms with Gasteiger partial charge in [0.25, 0.3) is 0 Å². The van der Waals surface area contributed by atoms with E-state index in [9.17, 15) is 14.4 Å². The van der Waals surface area contributed by atoms with Gasteiger partial charge in [-0.15, -0.1) is 0 Å². The maximum Gasteiger partial charge on any atom is 0.320 e. The van der Waals surface area contributed by atoms with E-state index < -0.39 is 29.7 Å². The largest absolute Gasteiger partial charge is 0.468 e. The summed E-state index contributed by atoms with van der Waals surface area (Å²) in [6, 6.07) is 0. The first-order valence-electron chi connectivity index (χ1n) is 6.94. The van der Waals surface area contributed by atoms with Gasteiger partial charge in [-0.25, -0.2) is 0 Å². The van der Waals surface area contributed by atoms with Crippen molar-refractivity contribution in [3.8, 4) is 0 Å². The Morgan fingerprint density at radius 3 is 1.71 bits per heavy atom. The SMILES string of the molecule is COC(=O)C(C(=O)OC)C(C)C(C)C(=O)/C=C/C(C)(C)C. The molecule has 0 bridgehead atoms. The van der Waals surface area contributed by atoms with Gasteiger partial charge >= 0.3 is 11.9 Å². The fourth-order valence-electron chi connectivity index (χ4n) is 1.81. The van der Waals surface area contributed by atoms with Crippen LogP contribution in [0.2, 0.25) is 0 Å². The van der Waals surface area contributed by atoms with Gasteiger partial charge in [0, 0.05) is 5.92 Å². The maximum absolute atomic E-state index is 12.2. The molecule has 0 fully saturated rings. The van der Waals surface area contributed by atoms with Crippen LogP contribution in [0.4, 0.5) is 0 Å². The predicted octanol–water partition coefficient (Wildman–Crippen LogP) is 2.39.